The van der Waals surface area contributed by atoms with E-state index < -0.39 is 12.1 Å². The number of anilines is 1. The second-order valence-electron chi connectivity index (χ2n) is 6.44. The quantitative estimate of drug-likeness (QED) is 0.609. The van der Waals surface area contributed by atoms with E-state index in [0.29, 0.717) is 5.69 Å². The monoisotopic (exact) mass is 362 g/mol. The van der Waals surface area contributed by atoms with E-state index in [1.54, 1.807) is 6.07 Å². The summed E-state index contributed by atoms with van der Waals surface area (Å²) in [4.78, 5) is 41.2. The Morgan fingerprint density at radius 3 is 2.70 bits per heavy atom. The highest BCUT2D eigenvalue weighted by molar-refractivity contribution is 6.07. The molecule has 4 rings (SSSR count). The van der Waals surface area contributed by atoms with E-state index in [0.717, 1.165) is 21.4 Å². The molecule has 1 saturated heterocycles. The van der Waals surface area contributed by atoms with Crippen molar-refractivity contribution in [1.29, 1.82) is 0 Å². The average molecular weight is 362 g/mol. The van der Waals surface area contributed by atoms with Gasteiger partial charge in [0.15, 0.2) is 0 Å². The van der Waals surface area contributed by atoms with Crippen LogP contribution in [-0.4, -0.2) is 33.8 Å². The molecule has 3 N–H and O–H groups in total. The summed E-state index contributed by atoms with van der Waals surface area (Å²) >= 11 is 0. The first-order chi connectivity index (χ1) is 13.1. The van der Waals surface area contributed by atoms with E-state index in [1.807, 2.05) is 54.7 Å². The van der Waals surface area contributed by atoms with E-state index >= 15 is 0 Å². The summed E-state index contributed by atoms with van der Waals surface area (Å²) in [6.45, 7) is 0.188. The van der Waals surface area contributed by atoms with E-state index in [2.05, 4.69) is 15.6 Å². The molecule has 0 spiro atoms. The summed E-state index contributed by atoms with van der Waals surface area (Å²) in [7, 11) is 0. The van der Waals surface area contributed by atoms with Gasteiger partial charge in [-0.1, -0.05) is 36.4 Å². The molecule has 3 aromatic rings. The van der Waals surface area contributed by atoms with E-state index in [1.165, 1.54) is 0 Å². The van der Waals surface area contributed by atoms with Crippen LogP contribution in [0.15, 0.2) is 60.8 Å². The summed E-state index contributed by atoms with van der Waals surface area (Å²) in [5.74, 6) is -0.722. The highest BCUT2D eigenvalue weighted by Crippen LogP contribution is 2.19. The SMILES string of the molecule is O=C(C[C@H]1NC(=O)N(Cc2ccccc2)C1=O)Nc1ccc2cc[nH]c2c1. The predicted octanol–water partition coefficient (Wildman–Crippen LogP) is 2.62. The van der Waals surface area contributed by atoms with Crippen molar-refractivity contribution in [2.75, 3.05) is 5.32 Å². The fourth-order valence-electron chi connectivity index (χ4n) is 3.15. The Labute approximate surface area is 155 Å². The van der Waals surface area contributed by atoms with Gasteiger partial charge >= 0.3 is 6.03 Å². The van der Waals surface area contributed by atoms with E-state index in [4.69, 9.17) is 0 Å². The number of nitrogens with zero attached hydrogens (tertiary/aromatic N) is 1. The number of hydrogen-bond acceptors (Lipinski definition) is 3. The van der Waals surface area contributed by atoms with Crippen molar-refractivity contribution in [3.8, 4) is 0 Å². The van der Waals surface area contributed by atoms with E-state index in [9.17, 15) is 14.4 Å². The summed E-state index contributed by atoms with van der Waals surface area (Å²) in [6.07, 6.45) is 1.71. The summed E-state index contributed by atoms with van der Waals surface area (Å²) in [5.41, 5.74) is 2.39. The van der Waals surface area contributed by atoms with Crippen molar-refractivity contribution in [2.45, 2.75) is 19.0 Å². The van der Waals surface area contributed by atoms with Crippen LogP contribution in [0, 0.1) is 0 Å². The van der Waals surface area contributed by atoms with Gasteiger partial charge in [-0.3, -0.25) is 14.5 Å². The minimum atomic E-state index is -0.851. The Bertz CT molecular complexity index is 1010. The number of carbonyl (C=O) groups is 3. The smallest absolute Gasteiger partial charge is 0.325 e. The molecular weight excluding hydrogens is 344 g/mol. The molecule has 2 heterocycles. The van der Waals surface area contributed by atoms with Crippen molar-refractivity contribution in [3.05, 3.63) is 66.4 Å². The normalized spacial score (nSPS) is 16.6. The number of amides is 4. The van der Waals surface area contributed by atoms with Crippen LogP contribution in [0.1, 0.15) is 12.0 Å². The zero-order valence-electron chi connectivity index (χ0n) is 14.4. The van der Waals surface area contributed by atoms with Crippen LogP contribution in [0.5, 0.6) is 0 Å². The number of nitrogens with one attached hydrogen (secondary N) is 3. The summed E-state index contributed by atoms with van der Waals surface area (Å²) in [5, 5.41) is 6.40. The van der Waals surface area contributed by atoms with Gasteiger partial charge in [0.2, 0.25) is 5.91 Å². The lowest BCUT2D eigenvalue weighted by molar-refractivity contribution is -0.130. The van der Waals surface area contributed by atoms with Gasteiger partial charge in [-0.25, -0.2) is 4.79 Å². The van der Waals surface area contributed by atoms with Crippen LogP contribution in [0.2, 0.25) is 0 Å². The largest absolute Gasteiger partial charge is 0.361 e. The second kappa shape index (κ2) is 6.95. The first-order valence-corrected chi connectivity index (χ1v) is 8.63. The van der Waals surface area contributed by atoms with Gasteiger partial charge in [-0.15, -0.1) is 0 Å². The third-order valence-electron chi connectivity index (χ3n) is 4.52. The molecule has 4 amide bonds. The second-order valence-corrected chi connectivity index (χ2v) is 6.44. The first kappa shape index (κ1) is 16.8. The van der Waals surface area contributed by atoms with Crippen LogP contribution in [0.4, 0.5) is 10.5 Å². The number of hydrogen-bond donors (Lipinski definition) is 3. The lowest BCUT2D eigenvalue weighted by Crippen LogP contribution is -2.34. The molecular formula is C20H18N4O3. The lowest BCUT2D eigenvalue weighted by Gasteiger charge is -2.13. The molecule has 1 aliphatic rings. The minimum absolute atomic E-state index is 0.112. The Kier molecular flexibility index (Phi) is 4.33. The molecule has 1 fully saturated rings. The molecule has 1 atom stereocenters. The zero-order chi connectivity index (χ0) is 18.8. The summed E-state index contributed by atoms with van der Waals surface area (Å²) < 4.78 is 0. The van der Waals surface area contributed by atoms with E-state index in [-0.39, 0.29) is 24.8 Å². The van der Waals surface area contributed by atoms with Gasteiger partial charge < -0.3 is 15.6 Å². The molecule has 27 heavy (non-hydrogen) atoms. The van der Waals surface area contributed by atoms with Crippen LogP contribution in [-0.2, 0) is 16.1 Å². The van der Waals surface area contributed by atoms with Crippen molar-refractivity contribution in [3.63, 3.8) is 0 Å². The molecule has 2 aromatic carbocycles. The molecule has 7 nitrogen and oxygen atoms in total. The maximum absolute atomic E-state index is 12.5. The van der Waals surface area contributed by atoms with Crippen LogP contribution in [0.25, 0.3) is 10.9 Å². The molecule has 136 valence electrons. The predicted molar refractivity (Wildman–Crippen MR) is 101 cm³/mol. The highest BCUT2D eigenvalue weighted by Gasteiger charge is 2.38. The number of benzene rings is 2. The van der Waals surface area contributed by atoms with Gasteiger partial charge in [-0.05, 0) is 29.1 Å². The number of aromatic nitrogens is 1. The summed E-state index contributed by atoms with van der Waals surface area (Å²) in [6, 6.07) is 15.4. The Balaban J connectivity index is 1.39. The molecule has 1 aliphatic heterocycles. The van der Waals surface area contributed by atoms with Gasteiger partial charge in [-0.2, -0.15) is 0 Å². The topological polar surface area (TPSA) is 94.3 Å². The number of carbonyl (C=O) groups excluding carboxylic acids is 3. The molecule has 0 radical (unpaired) electrons. The molecule has 0 aliphatic carbocycles. The minimum Gasteiger partial charge on any atom is -0.361 e. The zero-order valence-corrected chi connectivity index (χ0v) is 14.4. The number of H-pyrrole nitrogens is 1. The van der Waals surface area contributed by atoms with Crippen LogP contribution in [0.3, 0.4) is 0 Å². The number of urea groups is 1. The third-order valence-corrected chi connectivity index (χ3v) is 4.52. The van der Waals surface area contributed by atoms with Gasteiger partial charge in [0.25, 0.3) is 5.91 Å². The highest BCUT2D eigenvalue weighted by atomic mass is 16.2. The Morgan fingerprint density at radius 2 is 1.89 bits per heavy atom. The number of imide groups is 1. The fraction of sp³-hybridized carbons (Fsp3) is 0.150. The fourth-order valence-corrected chi connectivity index (χ4v) is 3.15. The molecule has 0 saturated carbocycles. The van der Waals surface area contributed by atoms with Gasteiger partial charge in [0, 0.05) is 17.4 Å². The van der Waals surface area contributed by atoms with Gasteiger partial charge in [0.05, 0.1) is 13.0 Å². The van der Waals surface area contributed by atoms with Crippen molar-refractivity contribution >= 4 is 34.4 Å². The number of aromatic amines is 1. The van der Waals surface area contributed by atoms with Crippen molar-refractivity contribution in [2.24, 2.45) is 0 Å². The maximum atomic E-state index is 12.5. The van der Waals surface area contributed by atoms with Crippen LogP contribution >= 0.6 is 0 Å². The Hall–Kier alpha value is -3.61. The third kappa shape index (κ3) is 3.52. The number of rotatable bonds is 5. The standard InChI is InChI=1S/C20H18N4O3/c25-18(22-15-7-6-14-8-9-21-16(14)10-15)11-17-19(26)24(20(27)23-17)12-13-4-2-1-3-5-13/h1-10,17,21H,11-12H2,(H,22,25)(H,23,27)/t17-/m1/s1. The van der Waals surface area contributed by atoms with Gasteiger partial charge in [0.1, 0.15) is 6.04 Å². The molecule has 1 aromatic heterocycles. The lowest BCUT2D eigenvalue weighted by atomic mass is 10.1. The Morgan fingerprint density at radius 1 is 1.07 bits per heavy atom. The van der Waals surface area contributed by atoms with Crippen LogP contribution < -0.4 is 10.6 Å². The molecule has 7 heteroatoms. The molecule has 0 bridgehead atoms. The van der Waals surface area contributed by atoms with Crippen molar-refractivity contribution < 1.29 is 14.4 Å². The maximum Gasteiger partial charge on any atom is 0.325 e. The number of fused-ring (bicyclic) bond motifs is 1. The molecule has 0 unspecified atom stereocenters. The van der Waals surface area contributed by atoms with Crippen molar-refractivity contribution in [1.82, 2.24) is 15.2 Å². The average Bonchev–Trinajstić information content (AvgIpc) is 3.22. The first-order valence-electron chi connectivity index (χ1n) is 8.63.